The zero-order chi connectivity index (χ0) is 13.6. The van der Waals surface area contributed by atoms with Crippen LogP contribution in [0, 0.1) is 6.92 Å². The first kappa shape index (κ1) is 12.1. The van der Waals surface area contributed by atoms with Crippen molar-refractivity contribution in [1.29, 1.82) is 0 Å². The number of hydrogen-bond donors (Lipinski definition) is 1. The summed E-state index contributed by atoms with van der Waals surface area (Å²) in [6, 6.07) is 0. The van der Waals surface area contributed by atoms with Gasteiger partial charge in [0.25, 0.3) is 0 Å². The maximum absolute atomic E-state index is 9.43. The molecule has 6 nitrogen and oxygen atoms in total. The number of aliphatic hydroxyl groups is 1. The fourth-order valence-corrected chi connectivity index (χ4v) is 2.37. The van der Waals surface area contributed by atoms with Crippen LogP contribution in [0.1, 0.15) is 11.3 Å². The molecule has 3 aromatic rings. The van der Waals surface area contributed by atoms with Gasteiger partial charge in [0.05, 0.1) is 12.0 Å². The maximum atomic E-state index is 9.43. The van der Waals surface area contributed by atoms with Crippen LogP contribution in [0.15, 0.2) is 17.0 Å². The Morgan fingerprint density at radius 2 is 2.21 bits per heavy atom. The first-order valence-electron chi connectivity index (χ1n) is 5.65. The van der Waals surface area contributed by atoms with E-state index in [0.717, 1.165) is 5.56 Å². The van der Waals surface area contributed by atoms with Crippen LogP contribution in [0.4, 0.5) is 0 Å². The van der Waals surface area contributed by atoms with Crippen molar-refractivity contribution in [2.75, 3.05) is 0 Å². The van der Waals surface area contributed by atoms with E-state index >= 15 is 0 Å². The molecule has 19 heavy (non-hydrogen) atoms. The highest BCUT2D eigenvalue weighted by Gasteiger charge is 2.20. The van der Waals surface area contributed by atoms with Gasteiger partial charge in [-0.05, 0) is 6.92 Å². The largest absolute Gasteiger partial charge is 0.391 e. The molecule has 0 fully saturated rings. The summed E-state index contributed by atoms with van der Waals surface area (Å²) in [6.45, 7) is 1.61. The number of aryl methyl sites for hydroxylation is 2. The van der Waals surface area contributed by atoms with Crippen LogP contribution in [0.25, 0.3) is 22.3 Å². The molecule has 0 aliphatic carbocycles. The minimum absolute atomic E-state index is 0.146. The third-order valence-electron chi connectivity index (χ3n) is 3.11. The number of aromatic nitrogens is 4. The molecule has 0 atom stereocenters. The number of rotatable bonds is 2. The van der Waals surface area contributed by atoms with Gasteiger partial charge >= 0.3 is 0 Å². The van der Waals surface area contributed by atoms with Gasteiger partial charge in [-0.1, -0.05) is 16.8 Å². The fraction of sp³-hybridized carbons (Fsp3) is 0.250. The normalized spacial score (nSPS) is 11.4. The van der Waals surface area contributed by atoms with Gasteiger partial charge in [-0.3, -0.25) is 0 Å². The summed E-state index contributed by atoms with van der Waals surface area (Å²) >= 11 is 6.14. The Morgan fingerprint density at radius 3 is 2.95 bits per heavy atom. The standard InChI is InChI=1S/C12H11ClN4O2/c1-6-8(4-18)10(16-19-6)7-3-17(2)12-9(7)11(13)14-5-15-12/h3,5,18H,4H2,1-2H3. The molecule has 1 N–H and O–H groups in total. The number of fused-ring (bicyclic) bond motifs is 1. The Kier molecular flexibility index (Phi) is 2.76. The van der Waals surface area contributed by atoms with E-state index in [1.54, 1.807) is 6.92 Å². The topological polar surface area (TPSA) is 77.0 Å². The molecule has 7 heteroatoms. The van der Waals surface area contributed by atoms with Crippen LogP contribution in [-0.2, 0) is 13.7 Å². The van der Waals surface area contributed by atoms with Crippen molar-refractivity contribution in [3.8, 4) is 11.3 Å². The van der Waals surface area contributed by atoms with Crippen LogP contribution < -0.4 is 0 Å². The number of nitrogens with zero attached hydrogens (tertiary/aromatic N) is 4. The number of aliphatic hydroxyl groups excluding tert-OH is 1. The molecule has 0 aliphatic heterocycles. The van der Waals surface area contributed by atoms with Gasteiger partial charge in [0, 0.05) is 24.4 Å². The monoisotopic (exact) mass is 278 g/mol. The summed E-state index contributed by atoms with van der Waals surface area (Å²) in [6.07, 6.45) is 3.26. The lowest BCUT2D eigenvalue weighted by molar-refractivity contribution is 0.278. The summed E-state index contributed by atoms with van der Waals surface area (Å²) in [4.78, 5) is 8.19. The van der Waals surface area contributed by atoms with Crippen molar-refractivity contribution in [2.24, 2.45) is 7.05 Å². The summed E-state index contributed by atoms with van der Waals surface area (Å²) in [5, 5.41) is 14.5. The molecule has 98 valence electrons. The Labute approximate surface area is 113 Å². The van der Waals surface area contributed by atoms with Crippen LogP contribution in [0.5, 0.6) is 0 Å². The smallest absolute Gasteiger partial charge is 0.145 e. The molecule has 0 saturated carbocycles. The lowest BCUT2D eigenvalue weighted by atomic mass is 10.1. The predicted molar refractivity (Wildman–Crippen MR) is 69.7 cm³/mol. The van der Waals surface area contributed by atoms with E-state index in [0.29, 0.717) is 33.2 Å². The second-order valence-corrected chi connectivity index (χ2v) is 4.60. The molecule has 0 aliphatic rings. The van der Waals surface area contributed by atoms with E-state index < -0.39 is 0 Å². The molecular weight excluding hydrogens is 268 g/mol. The molecule has 0 spiro atoms. The Balaban J connectivity index is 2.37. The zero-order valence-electron chi connectivity index (χ0n) is 10.4. The van der Waals surface area contributed by atoms with E-state index in [4.69, 9.17) is 16.1 Å². The number of hydrogen-bond acceptors (Lipinski definition) is 5. The second-order valence-electron chi connectivity index (χ2n) is 4.24. The van der Waals surface area contributed by atoms with Crippen LogP contribution in [0.2, 0.25) is 5.15 Å². The quantitative estimate of drug-likeness (QED) is 0.726. The van der Waals surface area contributed by atoms with E-state index in [-0.39, 0.29) is 6.61 Å². The van der Waals surface area contributed by atoms with E-state index in [1.165, 1.54) is 6.33 Å². The highest BCUT2D eigenvalue weighted by Crippen LogP contribution is 2.34. The van der Waals surface area contributed by atoms with Gasteiger partial charge in [-0.15, -0.1) is 0 Å². The van der Waals surface area contributed by atoms with Gasteiger partial charge in [0.2, 0.25) is 0 Å². The summed E-state index contributed by atoms with van der Waals surface area (Å²) < 4.78 is 6.97. The van der Waals surface area contributed by atoms with Crippen LogP contribution in [0.3, 0.4) is 0 Å². The van der Waals surface area contributed by atoms with Gasteiger partial charge in [-0.25, -0.2) is 9.97 Å². The Hall–Kier alpha value is -1.92. The second kappa shape index (κ2) is 4.32. The fourth-order valence-electron chi connectivity index (χ4n) is 2.14. The molecule has 3 rings (SSSR count). The Morgan fingerprint density at radius 1 is 1.42 bits per heavy atom. The molecule has 3 aromatic heterocycles. The van der Waals surface area contributed by atoms with E-state index in [1.807, 2.05) is 17.8 Å². The van der Waals surface area contributed by atoms with Crippen molar-refractivity contribution >= 4 is 22.6 Å². The molecule has 0 unspecified atom stereocenters. The summed E-state index contributed by atoms with van der Waals surface area (Å²) in [5.74, 6) is 0.586. The van der Waals surface area contributed by atoms with E-state index in [9.17, 15) is 5.11 Å². The van der Waals surface area contributed by atoms with Gasteiger partial charge in [0.1, 0.15) is 28.6 Å². The van der Waals surface area contributed by atoms with Crippen molar-refractivity contribution in [2.45, 2.75) is 13.5 Å². The van der Waals surface area contributed by atoms with Crippen molar-refractivity contribution in [3.05, 3.63) is 29.0 Å². The van der Waals surface area contributed by atoms with Crippen LogP contribution >= 0.6 is 11.6 Å². The van der Waals surface area contributed by atoms with Crippen molar-refractivity contribution in [1.82, 2.24) is 19.7 Å². The van der Waals surface area contributed by atoms with Crippen molar-refractivity contribution < 1.29 is 9.63 Å². The molecule has 0 saturated heterocycles. The lowest BCUT2D eigenvalue weighted by Crippen LogP contribution is -1.89. The molecule has 0 amide bonds. The maximum Gasteiger partial charge on any atom is 0.145 e. The number of halogens is 1. The lowest BCUT2D eigenvalue weighted by Gasteiger charge is -1.98. The zero-order valence-corrected chi connectivity index (χ0v) is 11.1. The third-order valence-corrected chi connectivity index (χ3v) is 3.39. The Bertz CT molecular complexity index is 763. The SMILES string of the molecule is Cc1onc(-c2cn(C)c3ncnc(Cl)c23)c1CO. The van der Waals surface area contributed by atoms with Gasteiger partial charge in [0.15, 0.2) is 0 Å². The predicted octanol–water partition coefficient (Wildman–Crippen LogP) is 2.08. The minimum atomic E-state index is -0.146. The molecule has 0 bridgehead atoms. The summed E-state index contributed by atoms with van der Waals surface area (Å²) in [7, 11) is 1.86. The van der Waals surface area contributed by atoms with Gasteiger partial charge < -0.3 is 14.2 Å². The molecular formula is C12H11ClN4O2. The van der Waals surface area contributed by atoms with Crippen molar-refractivity contribution in [3.63, 3.8) is 0 Å². The summed E-state index contributed by atoms with van der Waals surface area (Å²) in [5.41, 5.74) is 2.68. The average molecular weight is 279 g/mol. The molecule has 0 radical (unpaired) electrons. The highest BCUT2D eigenvalue weighted by molar-refractivity contribution is 6.35. The third kappa shape index (κ3) is 1.72. The van der Waals surface area contributed by atoms with E-state index in [2.05, 4.69) is 15.1 Å². The average Bonchev–Trinajstić information content (AvgIpc) is 2.91. The van der Waals surface area contributed by atoms with Gasteiger partial charge in [-0.2, -0.15) is 0 Å². The minimum Gasteiger partial charge on any atom is -0.391 e. The molecule has 0 aromatic carbocycles. The highest BCUT2D eigenvalue weighted by atomic mass is 35.5. The molecule has 3 heterocycles. The first-order valence-corrected chi connectivity index (χ1v) is 6.03. The van der Waals surface area contributed by atoms with Crippen LogP contribution in [-0.4, -0.2) is 24.8 Å². The first-order chi connectivity index (χ1) is 9.13.